The third kappa shape index (κ3) is 9.41. The van der Waals surface area contributed by atoms with Crippen LogP contribution in [0.1, 0.15) is 46.5 Å². The molecule has 1 N–H and O–H groups in total. The first-order valence-corrected chi connectivity index (χ1v) is 6.05. The van der Waals surface area contributed by atoms with Crippen LogP contribution in [-0.4, -0.2) is 31.5 Å². The smallest absolute Gasteiger partial charge is 0.379 e. The minimum absolute atomic E-state index is 0.363. The summed E-state index contributed by atoms with van der Waals surface area (Å²) in [6.45, 7) is 6.33. The fraction of sp³-hybridized carbons (Fsp3) is 1.00. The van der Waals surface area contributed by atoms with Gasteiger partial charge in [-0.15, -0.1) is 0 Å². The van der Waals surface area contributed by atoms with E-state index in [0.717, 1.165) is 6.42 Å². The molecule has 0 rings (SSSR count). The summed E-state index contributed by atoms with van der Waals surface area (Å²) >= 11 is 0. The van der Waals surface area contributed by atoms with Gasteiger partial charge in [0.25, 0.3) is 0 Å². The lowest BCUT2D eigenvalue weighted by atomic mass is 9.97. The molecule has 0 heterocycles. The van der Waals surface area contributed by atoms with Crippen LogP contribution in [0.25, 0.3) is 0 Å². The second-order valence-electron chi connectivity index (χ2n) is 4.97. The Labute approximate surface area is 102 Å². The first-order chi connectivity index (χ1) is 7.70. The summed E-state index contributed by atoms with van der Waals surface area (Å²) < 4.78 is 42.3. The fourth-order valence-electron chi connectivity index (χ4n) is 1.53. The minimum atomic E-state index is -4.11. The van der Waals surface area contributed by atoms with Crippen molar-refractivity contribution in [3.8, 4) is 0 Å². The second kappa shape index (κ2) is 7.21. The molecule has 0 radical (unpaired) electrons. The van der Waals surface area contributed by atoms with Gasteiger partial charge in [0, 0.05) is 13.2 Å². The Morgan fingerprint density at radius 2 is 1.82 bits per heavy atom. The Kier molecular flexibility index (Phi) is 7.09. The Morgan fingerprint density at radius 1 is 1.24 bits per heavy atom. The second-order valence-corrected chi connectivity index (χ2v) is 4.97. The largest absolute Gasteiger partial charge is 0.390 e. The van der Waals surface area contributed by atoms with Gasteiger partial charge in [-0.25, -0.2) is 0 Å². The van der Waals surface area contributed by atoms with Crippen molar-refractivity contribution < 1.29 is 17.9 Å². The van der Waals surface area contributed by atoms with Gasteiger partial charge in [-0.05, 0) is 39.7 Å². The van der Waals surface area contributed by atoms with E-state index in [4.69, 9.17) is 4.74 Å². The standard InChI is InChI=1S/C12H24F3NO/c1-5-8-16-10(9-12(13,14)15)6-7-11(2,3)17-4/h10,16H,5-9H2,1-4H3. The van der Waals surface area contributed by atoms with E-state index in [1.54, 1.807) is 7.11 Å². The lowest BCUT2D eigenvalue weighted by molar-refractivity contribution is -0.141. The van der Waals surface area contributed by atoms with Crippen LogP contribution in [0.3, 0.4) is 0 Å². The molecule has 0 saturated heterocycles. The fourth-order valence-corrected chi connectivity index (χ4v) is 1.53. The molecular formula is C12H24F3NO. The van der Waals surface area contributed by atoms with Gasteiger partial charge in [0.15, 0.2) is 0 Å². The maximum absolute atomic E-state index is 12.4. The summed E-state index contributed by atoms with van der Waals surface area (Å²) in [6, 6.07) is -0.510. The highest BCUT2D eigenvalue weighted by atomic mass is 19.4. The number of alkyl halides is 3. The van der Waals surface area contributed by atoms with Crippen LogP contribution < -0.4 is 5.32 Å². The Morgan fingerprint density at radius 3 is 2.24 bits per heavy atom. The Hall–Kier alpha value is -0.290. The summed E-state index contributed by atoms with van der Waals surface area (Å²) in [5.74, 6) is 0. The van der Waals surface area contributed by atoms with E-state index in [-0.39, 0.29) is 5.60 Å². The van der Waals surface area contributed by atoms with Crippen molar-refractivity contribution in [2.24, 2.45) is 0 Å². The van der Waals surface area contributed by atoms with Crippen molar-refractivity contribution >= 4 is 0 Å². The Balaban J connectivity index is 4.19. The van der Waals surface area contributed by atoms with Gasteiger partial charge in [-0.1, -0.05) is 6.92 Å². The molecule has 0 spiro atoms. The maximum atomic E-state index is 12.4. The maximum Gasteiger partial charge on any atom is 0.390 e. The van der Waals surface area contributed by atoms with Crippen LogP contribution in [0.15, 0.2) is 0 Å². The van der Waals surface area contributed by atoms with Gasteiger partial charge >= 0.3 is 6.18 Å². The first kappa shape index (κ1) is 16.7. The SMILES string of the molecule is CCCNC(CCC(C)(C)OC)CC(F)(F)F. The van der Waals surface area contributed by atoms with Gasteiger partial charge in [-0.3, -0.25) is 0 Å². The van der Waals surface area contributed by atoms with E-state index in [9.17, 15) is 13.2 Å². The minimum Gasteiger partial charge on any atom is -0.379 e. The summed E-state index contributed by atoms with van der Waals surface area (Å²) in [7, 11) is 1.58. The van der Waals surface area contributed by atoms with E-state index in [2.05, 4.69) is 5.32 Å². The normalized spacial score (nSPS) is 15.0. The molecule has 0 bridgehead atoms. The van der Waals surface area contributed by atoms with Crippen molar-refractivity contribution in [2.75, 3.05) is 13.7 Å². The van der Waals surface area contributed by atoms with E-state index in [0.29, 0.717) is 19.4 Å². The lowest BCUT2D eigenvalue weighted by Gasteiger charge is -2.27. The van der Waals surface area contributed by atoms with Crippen LogP contribution in [0.5, 0.6) is 0 Å². The molecule has 0 aromatic heterocycles. The van der Waals surface area contributed by atoms with Crippen molar-refractivity contribution in [1.29, 1.82) is 0 Å². The molecule has 5 heteroatoms. The van der Waals surface area contributed by atoms with Crippen LogP contribution in [-0.2, 0) is 4.74 Å². The topological polar surface area (TPSA) is 21.3 Å². The van der Waals surface area contributed by atoms with Crippen LogP contribution in [0, 0.1) is 0 Å². The number of rotatable bonds is 8. The summed E-state index contributed by atoms with van der Waals surface area (Å²) in [4.78, 5) is 0. The molecule has 104 valence electrons. The van der Waals surface area contributed by atoms with Crippen molar-refractivity contribution in [3.05, 3.63) is 0 Å². The van der Waals surface area contributed by atoms with E-state index in [1.165, 1.54) is 0 Å². The van der Waals surface area contributed by atoms with Gasteiger partial charge in [0.2, 0.25) is 0 Å². The number of methoxy groups -OCH3 is 1. The van der Waals surface area contributed by atoms with Crippen molar-refractivity contribution in [3.63, 3.8) is 0 Å². The molecule has 2 nitrogen and oxygen atoms in total. The lowest BCUT2D eigenvalue weighted by Crippen LogP contribution is -2.36. The average molecular weight is 255 g/mol. The highest BCUT2D eigenvalue weighted by Gasteiger charge is 2.32. The highest BCUT2D eigenvalue weighted by Crippen LogP contribution is 2.25. The number of halogens is 3. The molecule has 1 atom stereocenters. The zero-order valence-electron chi connectivity index (χ0n) is 11.2. The summed E-state index contributed by atoms with van der Waals surface area (Å²) in [5.41, 5.74) is -0.363. The number of hydrogen-bond acceptors (Lipinski definition) is 2. The molecule has 0 fully saturated rings. The summed E-state index contributed by atoms with van der Waals surface area (Å²) in [5, 5.41) is 2.95. The van der Waals surface area contributed by atoms with Crippen molar-refractivity contribution in [1.82, 2.24) is 5.32 Å². The third-order valence-corrected chi connectivity index (χ3v) is 2.81. The molecule has 0 aliphatic carbocycles. The molecule has 0 saturated carbocycles. The molecule has 1 unspecified atom stereocenters. The van der Waals surface area contributed by atoms with Gasteiger partial charge in [0.1, 0.15) is 0 Å². The molecule has 0 aromatic rings. The molecule has 17 heavy (non-hydrogen) atoms. The zero-order chi connectivity index (χ0) is 13.5. The van der Waals surface area contributed by atoms with Gasteiger partial charge < -0.3 is 10.1 Å². The molecule has 0 aliphatic heterocycles. The van der Waals surface area contributed by atoms with Crippen LogP contribution >= 0.6 is 0 Å². The van der Waals surface area contributed by atoms with Gasteiger partial charge in [-0.2, -0.15) is 13.2 Å². The van der Waals surface area contributed by atoms with Crippen LogP contribution in [0.4, 0.5) is 13.2 Å². The summed E-state index contributed by atoms with van der Waals surface area (Å²) in [6.07, 6.45) is -2.96. The van der Waals surface area contributed by atoms with E-state index in [1.807, 2.05) is 20.8 Å². The number of hydrogen-bond donors (Lipinski definition) is 1. The highest BCUT2D eigenvalue weighted by molar-refractivity contribution is 4.76. The predicted octanol–water partition coefficient (Wildman–Crippen LogP) is 3.51. The monoisotopic (exact) mass is 255 g/mol. The van der Waals surface area contributed by atoms with Crippen LogP contribution in [0.2, 0.25) is 0 Å². The molecule has 0 aliphatic rings. The third-order valence-electron chi connectivity index (χ3n) is 2.81. The Bertz CT molecular complexity index is 204. The van der Waals surface area contributed by atoms with Crippen molar-refractivity contribution in [2.45, 2.75) is 64.3 Å². The zero-order valence-corrected chi connectivity index (χ0v) is 11.2. The van der Waals surface area contributed by atoms with E-state index < -0.39 is 18.6 Å². The first-order valence-electron chi connectivity index (χ1n) is 6.05. The number of ether oxygens (including phenoxy) is 1. The van der Waals surface area contributed by atoms with E-state index >= 15 is 0 Å². The average Bonchev–Trinajstić information content (AvgIpc) is 2.20. The quantitative estimate of drug-likeness (QED) is 0.716. The number of nitrogens with one attached hydrogen (secondary N) is 1. The molecular weight excluding hydrogens is 231 g/mol. The molecule has 0 aromatic carbocycles. The molecule has 0 amide bonds. The predicted molar refractivity (Wildman–Crippen MR) is 63.1 cm³/mol. The van der Waals surface area contributed by atoms with Gasteiger partial charge in [0.05, 0.1) is 12.0 Å².